The van der Waals surface area contributed by atoms with Crippen LogP contribution in [0, 0.1) is 0 Å². The fourth-order valence-corrected chi connectivity index (χ4v) is 4.91. The fourth-order valence-electron chi connectivity index (χ4n) is 4.91. The average Bonchev–Trinajstić information content (AvgIpc) is 2.91. The van der Waals surface area contributed by atoms with Gasteiger partial charge in [-0.15, -0.1) is 0 Å². The van der Waals surface area contributed by atoms with Gasteiger partial charge in [-0.1, -0.05) is 84.9 Å². The lowest BCUT2D eigenvalue weighted by Crippen LogP contribution is -2.03. The molecule has 0 aliphatic carbocycles. The molecule has 168 valence electrons. The van der Waals surface area contributed by atoms with E-state index < -0.39 is 0 Å². The van der Waals surface area contributed by atoms with Crippen molar-refractivity contribution in [3.63, 3.8) is 0 Å². The first-order chi connectivity index (χ1) is 17.2. The Morgan fingerprint density at radius 3 is 1.80 bits per heavy atom. The van der Waals surface area contributed by atoms with Gasteiger partial charge in [0.05, 0.1) is 12.2 Å². The Labute approximate surface area is 204 Å². The molecule has 0 saturated heterocycles. The van der Waals surface area contributed by atoms with Crippen molar-refractivity contribution < 1.29 is 9.53 Å². The van der Waals surface area contributed by atoms with Crippen molar-refractivity contribution in [2.24, 2.45) is 0 Å². The minimum absolute atomic E-state index is 0.287. The summed E-state index contributed by atoms with van der Waals surface area (Å²) in [6.07, 6.45) is 0. The van der Waals surface area contributed by atoms with Crippen LogP contribution in [0.1, 0.15) is 17.3 Å². The van der Waals surface area contributed by atoms with E-state index in [1.807, 2.05) is 31.2 Å². The predicted molar refractivity (Wildman–Crippen MR) is 146 cm³/mol. The summed E-state index contributed by atoms with van der Waals surface area (Å²) in [6.45, 7) is 2.19. The summed E-state index contributed by atoms with van der Waals surface area (Å²) in [4.78, 5) is 12.0. The Morgan fingerprint density at radius 2 is 1.11 bits per heavy atom. The largest absolute Gasteiger partial charge is 0.462 e. The highest BCUT2D eigenvalue weighted by molar-refractivity contribution is 6.15. The number of rotatable bonds is 4. The maximum atomic E-state index is 12.0. The summed E-state index contributed by atoms with van der Waals surface area (Å²) >= 11 is 0. The second-order valence-corrected chi connectivity index (χ2v) is 8.77. The Hall–Kier alpha value is -4.43. The molecule has 6 aromatic rings. The first kappa shape index (κ1) is 21.1. The standard InChI is InChI=1S/C33H24O2/c1-2-35-33(34)25-17-13-23(14-18-25)22-11-15-24(16-12-22)32-30-10-6-5-9-28(30)20-29-19-26-7-3-4-8-27(26)21-31(29)32/h3-21H,2H2,1H3. The summed E-state index contributed by atoms with van der Waals surface area (Å²) in [7, 11) is 0. The van der Waals surface area contributed by atoms with E-state index in [1.54, 1.807) is 0 Å². The van der Waals surface area contributed by atoms with E-state index in [-0.39, 0.29) is 5.97 Å². The van der Waals surface area contributed by atoms with Gasteiger partial charge in [0.15, 0.2) is 0 Å². The molecule has 0 unspecified atom stereocenters. The second kappa shape index (κ2) is 8.73. The Bertz CT molecular complexity index is 1690. The quantitative estimate of drug-likeness (QED) is 0.198. The minimum atomic E-state index is -0.287. The molecule has 0 aromatic heterocycles. The van der Waals surface area contributed by atoms with Crippen LogP contribution in [0.25, 0.3) is 54.6 Å². The second-order valence-electron chi connectivity index (χ2n) is 8.77. The molecule has 0 amide bonds. The topological polar surface area (TPSA) is 26.3 Å². The van der Waals surface area contributed by atoms with Crippen LogP contribution in [0.4, 0.5) is 0 Å². The lowest BCUT2D eigenvalue weighted by molar-refractivity contribution is 0.0526. The lowest BCUT2D eigenvalue weighted by Gasteiger charge is -2.14. The molecule has 0 bridgehead atoms. The van der Waals surface area contributed by atoms with Gasteiger partial charge in [0.1, 0.15) is 0 Å². The highest BCUT2D eigenvalue weighted by Crippen LogP contribution is 2.38. The number of hydrogen-bond acceptors (Lipinski definition) is 2. The molecule has 0 radical (unpaired) electrons. The molecule has 0 aliphatic rings. The molecule has 35 heavy (non-hydrogen) atoms. The molecule has 0 aliphatic heterocycles. The van der Waals surface area contributed by atoms with Gasteiger partial charge in [-0.3, -0.25) is 0 Å². The van der Waals surface area contributed by atoms with Crippen molar-refractivity contribution in [3.05, 3.63) is 121 Å². The zero-order valence-corrected chi connectivity index (χ0v) is 19.5. The van der Waals surface area contributed by atoms with Crippen LogP contribution < -0.4 is 0 Å². The molecule has 0 heterocycles. The van der Waals surface area contributed by atoms with Gasteiger partial charge in [0.25, 0.3) is 0 Å². The summed E-state index contributed by atoms with van der Waals surface area (Å²) in [5, 5.41) is 7.49. The van der Waals surface area contributed by atoms with Gasteiger partial charge in [-0.2, -0.15) is 0 Å². The molecule has 0 N–H and O–H groups in total. The highest BCUT2D eigenvalue weighted by atomic mass is 16.5. The Balaban J connectivity index is 1.47. The van der Waals surface area contributed by atoms with E-state index in [1.165, 1.54) is 43.4 Å². The van der Waals surface area contributed by atoms with Crippen LogP contribution in [0.2, 0.25) is 0 Å². The van der Waals surface area contributed by atoms with Crippen molar-refractivity contribution in [3.8, 4) is 22.3 Å². The normalized spacial score (nSPS) is 11.2. The first-order valence-corrected chi connectivity index (χ1v) is 11.9. The monoisotopic (exact) mass is 452 g/mol. The van der Waals surface area contributed by atoms with Crippen molar-refractivity contribution >= 4 is 38.3 Å². The molecule has 0 saturated carbocycles. The summed E-state index contributed by atoms with van der Waals surface area (Å²) in [6, 6.07) is 40.3. The third-order valence-corrected chi connectivity index (χ3v) is 6.63. The van der Waals surface area contributed by atoms with Crippen LogP contribution in [0.5, 0.6) is 0 Å². The van der Waals surface area contributed by atoms with Crippen LogP contribution in [0.15, 0.2) is 115 Å². The first-order valence-electron chi connectivity index (χ1n) is 11.9. The van der Waals surface area contributed by atoms with E-state index in [2.05, 4.69) is 91.0 Å². The summed E-state index contributed by atoms with van der Waals surface area (Å²) < 4.78 is 5.10. The van der Waals surface area contributed by atoms with Gasteiger partial charge in [-0.25, -0.2) is 4.79 Å². The number of esters is 1. The smallest absolute Gasteiger partial charge is 0.338 e. The summed E-state index contributed by atoms with van der Waals surface area (Å²) in [5.41, 5.74) is 5.20. The van der Waals surface area contributed by atoms with Crippen LogP contribution >= 0.6 is 0 Å². The molecule has 0 atom stereocenters. The maximum absolute atomic E-state index is 12.0. The zero-order valence-electron chi connectivity index (χ0n) is 19.5. The molecule has 0 fully saturated rings. The van der Waals surface area contributed by atoms with Crippen molar-refractivity contribution in [1.82, 2.24) is 0 Å². The molecule has 2 heteroatoms. The van der Waals surface area contributed by atoms with Crippen LogP contribution in [-0.2, 0) is 4.74 Å². The van der Waals surface area contributed by atoms with Crippen molar-refractivity contribution in [2.75, 3.05) is 6.61 Å². The number of ether oxygens (including phenoxy) is 1. The fraction of sp³-hybridized carbons (Fsp3) is 0.0606. The van der Waals surface area contributed by atoms with Gasteiger partial charge in [-0.05, 0) is 91.8 Å². The number of benzene rings is 6. The molecule has 2 nitrogen and oxygen atoms in total. The minimum Gasteiger partial charge on any atom is -0.462 e. The Kier molecular flexibility index (Phi) is 5.27. The molecule has 0 spiro atoms. The number of hydrogen-bond donors (Lipinski definition) is 0. The lowest BCUT2D eigenvalue weighted by atomic mass is 9.90. The zero-order chi connectivity index (χ0) is 23.8. The molecular formula is C33H24O2. The van der Waals surface area contributed by atoms with E-state index >= 15 is 0 Å². The van der Waals surface area contributed by atoms with Gasteiger partial charge >= 0.3 is 5.97 Å². The van der Waals surface area contributed by atoms with Gasteiger partial charge < -0.3 is 4.74 Å². The number of carbonyl (C=O) groups is 1. The highest BCUT2D eigenvalue weighted by Gasteiger charge is 2.12. The van der Waals surface area contributed by atoms with Crippen LogP contribution in [-0.4, -0.2) is 12.6 Å². The van der Waals surface area contributed by atoms with E-state index in [4.69, 9.17) is 4.74 Å². The van der Waals surface area contributed by atoms with E-state index in [0.29, 0.717) is 12.2 Å². The maximum Gasteiger partial charge on any atom is 0.338 e. The SMILES string of the molecule is CCOC(=O)c1ccc(-c2ccc(-c3c4ccccc4cc4cc5ccccc5cc34)cc2)cc1. The van der Waals surface area contributed by atoms with Gasteiger partial charge in [0.2, 0.25) is 0 Å². The number of carbonyl (C=O) groups excluding carboxylic acids is 1. The van der Waals surface area contributed by atoms with E-state index in [9.17, 15) is 4.79 Å². The third-order valence-electron chi connectivity index (χ3n) is 6.63. The molecule has 6 aromatic carbocycles. The predicted octanol–water partition coefficient (Wildman–Crippen LogP) is 8.66. The van der Waals surface area contributed by atoms with E-state index in [0.717, 1.165) is 11.1 Å². The Morgan fingerprint density at radius 1 is 0.571 bits per heavy atom. The van der Waals surface area contributed by atoms with Crippen LogP contribution in [0.3, 0.4) is 0 Å². The molecule has 6 rings (SSSR count). The third kappa shape index (κ3) is 3.83. The van der Waals surface area contributed by atoms with Crippen molar-refractivity contribution in [2.45, 2.75) is 6.92 Å². The van der Waals surface area contributed by atoms with Crippen molar-refractivity contribution in [1.29, 1.82) is 0 Å². The average molecular weight is 453 g/mol. The summed E-state index contributed by atoms with van der Waals surface area (Å²) in [5.74, 6) is -0.287. The molecular weight excluding hydrogens is 428 g/mol. The number of fused-ring (bicyclic) bond motifs is 3. The van der Waals surface area contributed by atoms with Gasteiger partial charge in [0, 0.05) is 0 Å².